The maximum absolute atomic E-state index is 11.5. The van der Waals surface area contributed by atoms with Gasteiger partial charge in [0, 0.05) is 11.8 Å². The lowest BCUT2D eigenvalue weighted by Gasteiger charge is -2.14. The lowest BCUT2D eigenvalue weighted by Crippen LogP contribution is -2.33. The van der Waals surface area contributed by atoms with Gasteiger partial charge in [0.1, 0.15) is 12.8 Å². The Hall–Kier alpha value is -1.40. The number of hydrogen-bond donors (Lipinski definition) is 1. The van der Waals surface area contributed by atoms with Crippen molar-refractivity contribution in [1.29, 1.82) is 0 Å². The van der Waals surface area contributed by atoms with Crippen molar-refractivity contribution in [1.82, 2.24) is 9.55 Å². The van der Waals surface area contributed by atoms with Crippen LogP contribution in [0.1, 0.15) is 24.6 Å². The molecule has 0 aromatic carbocycles. The van der Waals surface area contributed by atoms with Crippen LogP contribution in [0, 0.1) is 6.92 Å². The second-order valence-electron chi connectivity index (χ2n) is 3.94. The molecule has 1 aromatic heterocycles. The summed E-state index contributed by atoms with van der Waals surface area (Å²) in [5.74, 6) is 0. The lowest BCUT2D eigenvalue weighted by atomic mass is 10.2. The van der Waals surface area contributed by atoms with Crippen LogP contribution in [0.2, 0.25) is 0 Å². The largest absolute Gasteiger partial charge is 0.352 e. The standard InChI is InChI=1S/C10H13N2O4/c1-6-4-12(10(15)11-9(6)14)8-3-2-7(5-13)16-8/h4,7-8H,2-3,5H2,1H3,(H,11,14,15)/t7-,8+/m0/s1. The molecule has 1 radical (unpaired) electrons. The Balaban J connectivity index is 2.32. The minimum Gasteiger partial charge on any atom is -0.352 e. The fourth-order valence-corrected chi connectivity index (χ4v) is 1.81. The van der Waals surface area contributed by atoms with Crippen molar-refractivity contribution in [3.8, 4) is 0 Å². The lowest BCUT2D eigenvalue weighted by molar-refractivity contribution is -0.0386. The maximum Gasteiger partial charge on any atom is 0.330 e. The zero-order chi connectivity index (χ0) is 11.7. The van der Waals surface area contributed by atoms with E-state index in [1.807, 2.05) is 0 Å². The van der Waals surface area contributed by atoms with Gasteiger partial charge in [0.05, 0.1) is 6.10 Å². The minimum atomic E-state index is -0.493. The van der Waals surface area contributed by atoms with E-state index < -0.39 is 11.9 Å². The highest BCUT2D eigenvalue weighted by Gasteiger charge is 2.27. The van der Waals surface area contributed by atoms with E-state index in [-0.39, 0.29) is 18.3 Å². The van der Waals surface area contributed by atoms with Crippen molar-refractivity contribution in [3.05, 3.63) is 32.6 Å². The van der Waals surface area contributed by atoms with Gasteiger partial charge in [-0.25, -0.2) is 9.90 Å². The normalized spacial score (nSPS) is 24.9. The predicted molar refractivity (Wildman–Crippen MR) is 54.8 cm³/mol. The highest BCUT2D eigenvalue weighted by Crippen LogP contribution is 2.26. The summed E-state index contributed by atoms with van der Waals surface area (Å²) in [6.07, 6.45) is 1.99. The molecule has 0 amide bonds. The second-order valence-corrected chi connectivity index (χ2v) is 3.94. The number of nitrogens with zero attached hydrogens (tertiary/aromatic N) is 1. The molecule has 1 aliphatic heterocycles. The highest BCUT2D eigenvalue weighted by molar-refractivity contribution is 5.01. The molecular weight excluding hydrogens is 212 g/mol. The molecule has 0 bridgehead atoms. The van der Waals surface area contributed by atoms with Gasteiger partial charge in [0.25, 0.3) is 5.56 Å². The molecule has 6 nitrogen and oxygen atoms in total. The Labute approximate surface area is 91.5 Å². The van der Waals surface area contributed by atoms with Crippen LogP contribution in [0.4, 0.5) is 0 Å². The number of nitrogens with one attached hydrogen (secondary N) is 1. The first-order chi connectivity index (χ1) is 7.61. The van der Waals surface area contributed by atoms with Crippen LogP contribution in [-0.2, 0) is 9.84 Å². The van der Waals surface area contributed by atoms with Gasteiger partial charge < -0.3 is 4.74 Å². The molecule has 0 spiro atoms. The molecule has 6 heteroatoms. The van der Waals surface area contributed by atoms with Crippen molar-refractivity contribution < 1.29 is 9.84 Å². The van der Waals surface area contributed by atoms with E-state index in [1.165, 1.54) is 10.8 Å². The summed E-state index contributed by atoms with van der Waals surface area (Å²) in [7, 11) is 0. The molecule has 0 aliphatic carbocycles. The van der Waals surface area contributed by atoms with Gasteiger partial charge in [0.2, 0.25) is 0 Å². The van der Waals surface area contributed by atoms with Gasteiger partial charge in [-0.1, -0.05) is 0 Å². The predicted octanol–water partition coefficient (Wildman–Crippen LogP) is -0.0469. The molecule has 1 aromatic rings. The summed E-state index contributed by atoms with van der Waals surface area (Å²) in [5.41, 5.74) is -0.430. The smallest absolute Gasteiger partial charge is 0.330 e. The van der Waals surface area contributed by atoms with Crippen LogP contribution in [0.5, 0.6) is 0 Å². The summed E-state index contributed by atoms with van der Waals surface area (Å²) in [4.78, 5) is 24.9. The van der Waals surface area contributed by atoms with Crippen LogP contribution in [0.25, 0.3) is 0 Å². The van der Waals surface area contributed by atoms with Gasteiger partial charge in [-0.3, -0.25) is 14.3 Å². The molecule has 2 rings (SSSR count). The molecular formula is C10H13N2O4. The number of aromatic amines is 1. The molecule has 87 valence electrons. The van der Waals surface area contributed by atoms with Gasteiger partial charge in [0.15, 0.2) is 0 Å². The third kappa shape index (κ3) is 1.94. The second kappa shape index (κ2) is 4.23. The minimum absolute atomic E-state index is 0.298. The molecule has 2 atom stereocenters. The third-order valence-electron chi connectivity index (χ3n) is 2.73. The van der Waals surface area contributed by atoms with E-state index >= 15 is 0 Å². The number of aryl methyl sites for hydroxylation is 1. The van der Waals surface area contributed by atoms with E-state index in [4.69, 9.17) is 4.74 Å². The molecule has 0 unspecified atom stereocenters. The Bertz CT molecular complexity index is 490. The Morgan fingerprint density at radius 2 is 2.25 bits per heavy atom. The number of aromatic nitrogens is 2. The first kappa shape index (κ1) is 11.1. The highest BCUT2D eigenvalue weighted by atomic mass is 16.5. The van der Waals surface area contributed by atoms with E-state index in [9.17, 15) is 14.7 Å². The third-order valence-corrected chi connectivity index (χ3v) is 2.73. The van der Waals surface area contributed by atoms with Crippen LogP contribution in [0.3, 0.4) is 0 Å². The molecule has 1 N–H and O–H groups in total. The van der Waals surface area contributed by atoms with Crippen LogP contribution < -0.4 is 11.2 Å². The quantitative estimate of drug-likeness (QED) is 0.766. The zero-order valence-electron chi connectivity index (χ0n) is 8.93. The van der Waals surface area contributed by atoms with Crippen molar-refractivity contribution >= 4 is 0 Å². The molecule has 2 heterocycles. The van der Waals surface area contributed by atoms with Gasteiger partial charge >= 0.3 is 5.69 Å². The summed E-state index contributed by atoms with van der Waals surface area (Å²) in [6, 6.07) is 0. The van der Waals surface area contributed by atoms with Crippen LogP contribution in [-0.4, -0.2) is 22.3 Å². The Morgan fingerprint density at radius 3 is 2.88 bits per heavy atom. The SMILES string of the molecule is Cc1cn([C@H]2CC[C@@H](C[O])O2)c(=O)[nH]c1=O. The van der Waals surface area contributed by atoms with Crippen molar-refractivity contribution in [2.24, 2.45) is 0 Å². The van der Waals surface area contributed by atoms with E-state index in [2.05, 4.69) is 4.98 Å². The number of hydrogen-bond acceptors (Lipinski definition) is 3. The van der Waals surface area contributed by atoms with Crippen LogP contribution >= 0.6 is 0 Å². The molecule has 16 heavy (non-hydrogen) atoms. The average molecular weight is 225 g/mol. The first-order valence-corrected chi connectivity index (χ1v) is 5.17. The van der Waals surface area contributed by atoms with Gasteiger partial charge in [-0.05, 0) is 19.8 Å². The van der Waals surface area contributed by atoms with Crippen molar-refractivity contribution in [2.45, 2.75) is 32.1 Å². The van der Waals surface area contributed by atoms with Gasteiger partial charge in [-0.2, -0.15) is 0 Å². The number of H-pyrrole nitrogens is 1. The molecule has 1 fully saturated rings. The Morgan fingerprint density at radius 1 is 1.50 bits per heavy atom. The number of rotatable bonds is 2. The Kier molecular flexibility index (Phi) is 2.93. The summed E-state index contributed by atoms with van der Waals surface area (Å²) in [6.45, 7) is 1.32. The van der Waals surface area contributed by atoms with E-state index in [0.717, 1.165) is 0 Å². The zero-order valence-corrected chi connectivity index (χ0v) is 8.93. The summed E-state index contributed by atoms with van der Waals surface area (Å²) < 4.78 is 6.74. The van der Waals surface area contributed by atoms with Crippen molar-refractivity contribution in [2.75, 3.05) is 6.61 Å². The molecule has 1 saturated heterocycles. The summed E-state index contributed by atoms with van der Waals surface area (Å²) in [5, 5.41) is 10.6. The summed E-state index contributed by atoms with van der Waals surface area (Å²) >= 11 is 0. The first-order valence-electron chi connectivity index (χ1n) is 5.17. The van der Waals surface area contributed by atoms with Crippen LogP contribution in [0.15, 0.2) is 15.8 Å². The van der Waals surface area contributed by atoms with Crippen molar-refractivity contribution in [3.63, 3.8) is 0 Å². The maximum atomic E-state index is 11.5. The topological polar surface area (TPSA) is 84.0 Å². The molecule has 1 aliphatic rings. The average Bonchev–Trinajstić information content (AvgIpc) is 2.71. The number of ether oxygens (including phenoxy) is 1. The monoisotopic (exact) mass is 225 g/mol. The van der Waals surface area contributed by atoms with E-state index in [0.29, 0.717) is 18.4 Å². The molecule has 0 saturated carbocycles. The van der Waals surface area contributed by atoms with E-state index in [1.54, 1.807) is 6.92 Å². The fourth-order valence-electron chi connectivity index (χ4n) is 1.81. The fraction of sp³-hybridized carbons (Fsp3) is 0.600. The van der Waals surface area contributed by atoms with Gasteiger partial charge in [-0.15, -0.1) is 0 Å².